The zero-order valence-corrected chi connectivity index (χ0v) is 71.6. The Bertz CT molecular complexity index is 5330. The number of halogens is 1. The van der Waals surface area contributed by atoms with E-state index in [1.165, 1.54) is 14.2 Å². The highest BCUT2D eigenvalue weighted by Gasteiger charge is 2.54. The number of carbonyl (C=O) groups excluding carboxylic acids is 3. The van der Waals surface area contributed by atoms with E-state index in [2.05, 4.69) is 223 Å². The molecule has 0 saturated carbocycles. The number of hydrogen-bond acceptors (Lipinski definition) is 10. The van der Waals surface area contributed by atoms with E-state index in [1.807, 2.05) is 98.7 Å². The van der Waals surface area contributed by atoms with Gasteiger partial charge in [0.05, 0.1) is 30.9 Å². The van der Waals surface area contributed by atoms with Gasteiger partial charge in [-0.3, -0.25) is 4.79 Å². The third-order valence-electron chi connectivity index (χ3n) is 16.0. The molecule has 0 atom stereocenters. The summed E-state index contributed by atoms with van der Waals surface area (Å²) < 4.78 is 9.38. The monoisotopic (exact) mass is 1620 g/mol. The van der Waals surface area contributed by atoms with Crippen LogP contribution in [-0.2, 0) is 21.3 Å². The van der Waals surface area contributed by atoms with Crippen molar-refractivity contribution in [3.05, 3.63) is 314 Å². The summed E-state index contributed by atoms with van der Waals surface area (Å²) in [7, 11) is 113. The van der Waals surface area contributed by atoms with Gasteiger partial charge < -0.3 is 19.9 Å². The van der Waals surface area contributed by atoms with Crippen molar-refractivity contribution in [1.82, 2.24) is 5.32 Å². The van der Waals surface area contributed by atoms with Crippen molar-refractivity contribution in [3.8, 4) is 0 Å². The smallest absolute Gasteiger partial charge is 0.338 e. The number of carboxylic acid groups (broad SMARTS) is 1. The van der Waals surface area contributed by atoms with Gasteiger partial charge in [0.25, 0.3) is 5.91 Å². The third kappa shape index (κ3) is 44.1. The first-order valence-electron chi connectivity index (χ1n) is 34.7. The van der Waals surface area contributed by atoms with Crippen LogP contribution in [-0.4, -0.2) is 310 Å². The molecule has 36 radical (unpaired) electrons. The normalized spacial score (nSPS) is 8.50. The summed E-state index contributed by atoms with van der Waals surface area (Å²) in [4.78, 5) is 48.8. The van der Waals surface area contributed by atoms with Crippen LogP contribution in [0.2, 0.25) is 0 Å². The van der Waals surface area contributed by atoms with Gasteiger partial charge in [0, 0.05) is 359 Å². The lowest BCUT2D eigenvalue weighted by Crippen LogP contribution is -2.90. The second-order valence-corrected chi connectivity index (χ2v) is 27.9. The number of amides is 1. The van der Waals surface area contributed by atoms with Crippen molar-refractivity contribution >= 4 is 328 Å². The highest BCUT2D eigenvalue weighted by Crippen LogP contribution is 2.25. The Hall–Kier alpha value is -8.45. The molecule has 2 N–H and O–H groups in total. The van der Waals surface area contributed by atoms with E-state index >= 15 is 0 Å². The largest absolute Gasteiger partial charge is 0.478 e. The van der Waals surface area contributed by atoms with Crippen molar-refractivity contribution in [3.63, 3.8) is 0 Å². The highest BCUT2D eigenvalue weighted by molar-refractivity contribution is 9.08. The number of esters is 2. The lowest BCUT2D eigenvalue weighted by molar-refractivity contribution is 0.0590. The van der Waals surface area contributed by atoms with Gasteiger partial charge in [-0.25, -0.2) is 14.4 Å². The topological polar surface area (TPSA) is 119 Å². The van der Waals surface area contributed by atoms with Crippen molar-refractivity contribution in [1.29, 1.82) is 0 Å². The maximum atomic E-state index is 11.4. The molecule has 0 aliphatic carbocycles. The zero-order valence-electron chi connectivity index (χ0n) is 66.8. The molecular weight excluding hydrogens is 1570 g/mol. The van der Waals surface area contributed by atoms with Gasteiger partial charge in [-0.1, -0.05) is 51.7 Å². The number of carboxylic acids is 1. The number of aryl methyl sites for hydroxylation is 2. The van der Waals surface area contributed by atoms with E-state index in [0.717, 1.165) is 47.4 Å². The Kier molecular flexibility index (Phi) is 60.7. The summed E-state index contributed by atoms with van der Waals surface area (Å²) >= 11 is 9.76. The van der Waals surface area contributed by atoms with E-state index in [0.29, 0.717) is 28.6 Å². The number of thioether (sulfide) groups is 4. The highest BCUT2D eigenvalue weighted by atomic mass is 79.9. The summed E-state index contributed by atoms with van der Waals surface area (Å²) in [6, 6.07) is 23.0. The minimum Gasteiger partial charge on any atom is -0.478 e. The lowest BCUT2D eigenvalue weighted by atomic mass is 8.29. The number of nitrogens with one attached hydrogen (secondary N) is 1. The van der Waals surface area contributed by atoms with Gasteiger partial charge in [0.2, 0.25) is 0 Å². The van der Waals surface area contributed by atoms with Crippen molar-refractivity contribution in [2.24, 2.45) is 0 Å². The number of fused-ring (bicyclic) bond motifs is 1. The van der Waals surface area contributed by atoms with E-state index in [9.17, 15) is 19.2 Å². The Labute approximate surface area is 758 Å². The standard InChI is InChI=1S/C34H4.C10H11BrO2S.C10H12O2S.C9H9NOS.C9H10O2S.B34/c1-3-5-7-9-11-13-15-17-19-21-23-25-27-29-31-33-34-32-30-28-26-24-22-20-18-16-14-12-10-8-6-4-2;1-13-10(12)9-5-8(14-2)4-3-7(9)6-11;1-7-4-5-8(13-3)6-9(7)10(11)12-2;1-12-7-3-2-6-5-10-9(11)8(6)4-7;1-6-3-4-7(12-2)5-8(6)9(10)11;1-19(2)28(20(3)4)32(27(17)18)34(31(25(13)14)26(15)16)33(29(21(5)6)22(7)8)30(23(9)10)24(11)12/h1-2H2;3-5H,6H2,1-2H3;4-6H,1-3H3;2-4H,5H2,1H3,(H,10,11);3-5H,1-2H3,(H,10,11);. The molecule has 8 nitrogen and oxygen atoms in total. The lowest BCUT2D eigenvalue weighted by Gasteiger charge is -2.52. The van der Waals surface area contributed by atoms with E-state index < -0.39 is 108 Å². The van der Waals surface area contributed by atoms with Crippen LogP contribution < -0.4 is 5.32 Å². The number of methoxy groups -OCH3 is 2. The summed E-state index contributed by atoms with van der Waals surface area (Å²) in [5, 5.41) is 12.2. The molecule has 0 spiro atoms. The predicted octanol–water partition coefficient (Wildman–Crippen LogP) is 2.48. The number of rotatable bonds is 23. The van der Waals surface area contributed by atoms with Crippen molar-refractivity contribution < 1.29 is 33.8 Å². The molecule has 1 amide bonds. The number of benzene rings is 4. The number of aromatic carboxylic acids is 1. The van der Waals surface area contributed by atoms with Gasteiger partial charge in [0.1, 0.15) is 0 Å². The molecule has 0 fully saturated rings. The molecule has 0 bridgehead atoms. The average molecular weight is 1610 g/mol. The molecule has 514 valence electrons. The molecule has 119 heavy (non-hydrogen) atoms. The van der Waals surface area contributed by atoms with E-state index in [4.69, 9.17) is 149 Å². The quantitative estimate of drug-likeness (QED) is 0.0376. The third-order valence-corrected chi connectivity index (χ3v) is 19.6. The molecule has 1 aliphatic rings. The van der Waals surface area contributed by atoms with Crippen molar-refractivity contribution in [2.75, 3.05) is 39.2 Å². The first kappa shape index (κ1) is 111. The predicted molar refractivity (Wildman–Crippen MR) is 535 cm³/mol. The maximum absolute atomic E-state index is 11.4. The van der Waals surface area contributed by atoms with Crippen LogP contribution in [0.5, 0.6) is 0 Å². The average Bonchev–Trinajstić information content (AvgIpc) is 1.67. The van der Waals surface area contributed by atoms with Crippen LogP contribution in [0.3, 0.4) is 0 Å². The Morgan fingerprint density at radius 1 is 0.378 bits per heavy atom. The molecule has 0 saturated heterocycles. The van der Waals surface area contributed by atoms with Crippen LogP contribution in [0.4, 0.5) is 0 Å². The van der Waals surface area contributed by atoms with Gasteiger partial charge >= 0.3 is 17.9 Å². The number of carbonyl (C=O) groups is 4. The Balaban J connectivity index is 0.00000149. The molecule has 47 heteroatoms. The van der Waals surface area contributed by atoms with Gasteiger partial charge in [0.15, 0.2) is 0 Å². The molecule has 5 rings (SSSR count). The minimum atomic E-state index is -1.16. The molecule has 4 aromatic carbocycles. The van der Waals surface area contributed by atoms with Gasteiger partial charge in [-0.2, -0.15) is 0 Å². The SMILES string of the molecule is C=C=C=C=C=C=C=C=C=C=C=C=C=C=C=C=C=C=C=C=C=C=C=C=C=C=C=C=C=C=C=C=C=C.COC(=O)c1cc(SC)ccc1C.COC(=O)c1cc(SC)ccc1CBr.CSc1ccc(C)c(C(=O)O)c1.CSc1ccc2c(c1)C(=O)NC2.[B]B([B])B(B([B])[B])B(B([B])[B])B(B(B([B])[B])B([B])[B])B(B(B([B])[B])B([B])[B])B(B([B])[B])B([B])[B]. The second kappa shape index (κ2) is 65.3. The van der Waals surface area contributed by atoms with Gasteiger partial charge in [-0.05, 0) is 215 Å². The fourth-order valence-corrected chi connectivity index (χ4v) is 13.0. The summed E-state index contributed by atoms with van der Waals surface area (Å²) in [6.07, 6.45) is -8.80. The van der Waals surface area contributed by atoms with Crippen LogP contribution in [0.25, 0.3) is 0 Å². The summed E-state index contributed by atoms with van der Waals surface area (Å²) in [5.41, 5.74) is 85.7. The van der Waals surface area contributed by atoms with Crippen LogP contribution in [0.1, 0.15) is 63.7 Å². The van der Waals surface area contributed by atoms with Crippen molar-refractivity contribution in [2.45, 2.75) is 45.3 Å². The molecule has 0 aromatic heterocycles. The Morgan fingerprint density at radius 3 is 0.899 bits per heavy atom. The van der Waals surface area contributed by atoms with Gasteiger partial charge in [-0.15, -0.1) is 47.0 Å². The summed E-state index contributed by atoms with van der Waals surface area (Å²) in [5.74, 6) is -1.35. The van der Waals surface area contributed by atoms with E-state index in [1.54, 1.807) is 60.0 Å². The van der Waals surface area contributed by atoms with E-state index in [-0.39, 0.29) is 17.8 Å². The molecular formula is C72H46B34BrNO7S4. The molecule has 4 aromatic rings. The van der Waals surface area contributed by atoms with Crippen LogP contribution in [0.15, 0.2) is 289 Å². The molecule has 0 unspecified atom stereocenters. The maximum Gasteiger partial charge on any atom is 0.338 e. The zero-order chi connectivity index (χ0) is 90.0. The molecule has 1 aliphatic heterocycles. The number of ether oxygens (including phenoxy) is 2. The fraction of sp³-hybridized carbons (Fsp3) is 0.139. The fourth-order valence-electron chi connectivity index (χ4n) is 10.8. The Morgan fingerprint density at radius 2 is 0.622 bits per heavy atom. The van der Waals surface area contributed by atoms with Crippen LogP contribution >= 0.6 is 63.0 Å². The minimum absolute atomic E-state index is 0.0564. The number of hydrogen-bond donors (Lipinski definition) is 2. The first-order chi connectivity index (χ1) is 56.7. The molecule has 1 heterocycles. The second-order valence-electron chi connectivity index (χ2n) is 23.9. The number of alkyl halides is 1. The van der Waals surface area contributed by atoms with Crippen LogP contribution in [0, 0.1) is 13.8 Å². The first-order valence-corrected chi connectivity index (χ1v) is 40.7. The summed E-state index contributed by atoms with van der Waals surface area (Å²) in [6.45, 7) is 11.0.